The van der Waals surface area contributed by atoms with Crippen LogP contribution in [0.5, 0.6) is 5.75 Å². The van der Waals surface area contributed by atoms with Crippen LogP contribution in [0.4, 0.5) is 10.1 Å². The molecule has 2 aromatic heterocycles. The Bertz CT molecular complexity index is 1050. The molecule has 0 amide bonds. The van der Waals surface area contributed by atoms with Gasteiger partial charge >= 0.3 is 0 Å². The number of aromatic nitrogens is 2. The molecule has 0 unspecified atom stereocenters. The Balaban J connectivity index is 1.48. The minimum atomic E-state index is -0.306. The fourth-order valence-electron chi connectivity index (χ4n) is 3.76. The third kappa shape index (κ3) is 2.96. The van der Waals surface area contributed by atoms with Crippen LogP contribution in [0.3, 0.4) is 0 Å². The highest BCUT2D eigenvalue weighted by atomic mass is 19.1. The average molecular weight is 364 g/mol. The summed E-state index contributed by atoms with van der Waals surface area (Å²) in [5.41, 5.74) is 5.13. The number of hydrogen-bond acceptors (Lipinski definition) is 4. The Labute approximate surface area is 157 Å². The van der Waals surface area contributed by atoms with Crippen LogP contribution < -0.4 is 15.0 Å². The van der Waals surface area contributed by atoms with Crippen molar-refractivity contribution >= 4 is 23.0 Å². The number of nitrogens with one attached hydrogen (secondary N) is 1. The molecule has 0 atom stereocenters. The molecule has 0 radical (unpaired) electrons. The number of ether oxygens (including phenoxy) is 1. The van der Waals surface area contributed by atoms with E-state index in [9.17, 15) is 4.39 Å². The number of hydrogen-bond donors (Lipinski definition) is 1. The van der Waals surface area contributed by atoms with E-state index < -0.39 is 0 Å². The van der Waals surface area contributed by atoms with E-state index in [2.05, 4.69) is 39.5 Å². The molecular weight excluding hydrogens is 343 g/mol. The van der Waals surface area contributed by atoms with Crippen molar-refractivity contribution in [2.75, 3.05) is 37.7 Å². The second-order valence-corrected chi connectivity index (χ2v) is 7.14. The zero-order chi connectivity index (χ0) is 18.4. The molecule has 0 bridgehead atoms. The third-order valence-corrected chi connectivity index (χ3v) is 5.16. The number of anilines is 1. The highest BCUT2D eigenvalue weighted by Gasteiger charge is 2.19. The van der Waals surface area contributed by atoms with E-state index >= 15 is 0 Å². The standard InChI is InChI=1S/C21H21FN4O/c1-14-8-18(22)21-24-19(12-26(21)11-14)16-9-15-2-3-17(10-20(15)27-13-16)25-6-4-23-5-7-25/h2-3,8-12,23H,4-7,13H2,1H3. The number of aryl methyl sites for hydroxylation is 1. The molecule has 4 heterocycles. The van der Waals surface area contributed by atoms with Gasteiger partial charge in [0.25, 0.3) is 0 Å². The van der Waals surface area contributed by atoms with E-state index in [1.165, 1.54) is 11.8 Å². The quantitative estimate of drug-likeness (QED) is 0.759. The van der Waals surface area contributed by atoms with Crippen molar-refractivity contribution in [2.45, 2.75) is 6.92 Å². The molecule has 3 aromatic rings. The monoisotopic (exact) mass is 364 g/mol. The van der Waals surface area contributed by atoms with Gasteiger partial charge in [0.2, 0.25) is 0 Å². The van der Waals surface area contributed by atoms with Crippen LogP contribution in [0.15, 0.2) is 36.7 Å². The Morgan fingerprint density at radius 2 is 2.00 bits per heavy atom. The maximum atomic E-state index is 14.1. The summed E-state index contributed by atoms with van der Waals surface area (Å²) in [4.78, 5) is 6.83. The molecule has 27 heavy (non-hydrogen) atoms. The Morgan fingerprint density at radius 1 is 1.15 bits per heavy atom. The minimum Gasteiger partial charge on any atom is -0.488 e. The molecule has 0 saturated carbocycles. The Kier molecular flexibility index (Phi) is 3.86. The molecule has 2 aliphatic rings. The number of halogens is 1. The van der Waals surface area contributed by atoms with Gasteiger partial charge in [-0.25, -0.2) is 9.37 Å². The van der Waals surface area contributed by atoms with Crippen molar-refractivity contribution in [3.05, 3.63) is 59.3 Å². The number of pyridine rings is 1. The SMILES string of the molecule is Cc1cc(F)c2nc(C3=Cc4ccc(N5CCNCC5)cc4OC3)cn2c1. The molecular formula is C21H21FN4O. The lowest BCUT2D eigenvalue weighted by atomic mass is 10.0. The normalized spacial score (nSPS) is 16.8. The maximum Gasteiger partial charge on any atom is 0.173 e. The van der Waals surface area contributed by atoms with Crippen molar-refractivity contribution in [2.24, 2.45) is 0 Å². The molecule has 1 saturated heterocycles. The lowest BCUT2D eigenvalue weighted by Crippen LogP contribution is -2.43. The summed E-state index contributed by atoms with van der Waals surface area (Å²) < 4.78 is 21.9. The third-order valence-electron chi connectivity index (χ3n) is 5.16. The van der Waals surface area contributed by atoms with Gasteiger partial charge in [0.05, 0.1) is 5.69 Å². The van der Waals surface area contributed by atoms with Gasteiger partial charge in [0.15, 0.2) is 11.5 Å². The summed E-state index contributed by atoms with van der Waals surface area (Å²) in [5, 5.41) is 3.37. The van der Waals surface area contributed by atoms with Crippen molar-refractivity contribution in [3.63, 3.8) is 0 Å². The van der Waals surface area contributed by atoms with Crippen molar-refractivity contribution < 1.29 is 9.13 Å². The van der Waals surface area contributed by atoms with Crippen molar-refractivity contribution in [3.8, 4) is 5.75 Å². The average Bonchev–Trinajstić information content (AvgIpc) is 3.12. The molecule has 1 fully saturated rings. The van der Waals surface area contributed by atoms with Crippen LogP contribution in [0.25, 0.3) is 17.3 Å². The van der Waals surface area contributed by atoms with E-state index in [0.29, 0.717) is 12.3 Å². The molecule has 2 aliphatic heterocycles. The number of benzene rings is 1. The smallest absolute Gasteiger partial charge is 0.173 e. The number of piperazine rings is 1. The van der Waals surface area contributed by atoms with E-state index in [4.69, 9.17) is 4.74 Å². The van der Waals surface area contributed by atoms with Gasteiger partial charge in [-0.05, 0) is 36.8 Å². The van der Waals surface area contributed by atoms with Crippen LogP contribution in [0.1, 0.15) is 16.8 Å². The fraction of sp³-hybridized carbons (Fsp3) is 0.286. The first-order chi connectivity index (χ1) is 13.2. The van der Waals surface area contributed by atoms with Crippen LogP contribution >= 0.6 is 0 Å². The van der Waals surface area contributed by atoms with Gasteiger partial charge < -0.3 is 19.4 Å². The first kappa shape index (κ1) is 16.3. The molecule has 5 nitrogen and oxygen atoms in total. The lowest BCUT2D eigenvalue weighted by Gasteiger charge is -2.30. The fourth-order valence-corrected chi connectivity index (χ4v) is 3.76. The molecule has 138 valence electrons. The highest BCUT2D eigenvalue weighted by Crippen LogP contribution is 2.33. The van der Waals surface area contributed by atoms with Crippen LogP contribution in [-0.4, -0.2) is 42.2 Å². The molecule has 5 rings (SSSR count). The largest absolute Gasteiger partial charge is 0.488 e. The van der Waals surface area contributed by atoms with Gasteiger partial charge in [0, 0.05) is 61.5 Å². The predicted octanol–water partition coefficient (Wildman–Crippen LogP) is 3.12. The molecule has 0 aliphatic carbocycles. The van der Waals surface area contributed by atoms with E-state index in [0.717, 1.165) is 54.3 Å². The van der Waals surface area contributed by atoms with E-state index in [-0.39, 0.29) is 5.82 Å². The molecule has 6 heteroatoms. The number of nitrogens with zero attached hydrogens (tertiary/aromatic N) is 3. The van der Waals surface area contributed by atoms with Gasteiger partial charge in [-0.1, -0.05) is 0 Å². The second-order valence-electron chi connectivity index (χ2n) is 7.14. The van der Waals surface area contributed by atoms with Gasteiger partial charge in [-0.2, -0.15) is 0 Å². The van der Waals surface area contributed by atoms with E-state index in [1.54, 1.807) is 4.40 Å². The number of rotatable bonds is 2. The predicted molar refractivity (Wildman–Crippen MR) is 105 cm³/mol. The molecule has 0 spiro atoms. The van der Waals surface area contributed by atoms with Crippen molar-refractivity contribution in [1.29, 1.82) is 0 Å². The topological polar surface area (TPSA) is 41.8 Å². The number of imidazole rings is 1. The zero-order valence-electron chi connectivity index (χ0n) is 15.2. The summed E-state index contributed by atoms with van der Waals surface area (Å²) in [6.07, 6.45) is 5.83. The second kappa shape index (κ2) is 6.39. The van der Waals surface area contributed by atoms with Crippen LogP contribution in [0.2, 0.25) is 0 Å². The van der Waals surface area contributed by atoms with Gasteiger partial charge in [-0.3, -0.25) is 0 Å². The van der Waals surface area contributed by atoms with Crippen LogP contribution in [0, 0.1) is 12.7 Å². The summed E-state index contributed by atoms with van der Waals surface area (Å²) in [5.74, 6) is 0.584. The highest BCUT2D eigenvalue weighted by molar-refractivity contribution is 5.85. The maximum absolute atomic E-state index is 14.1. The zero-order valence-corrected chi connectivity index (χ0v) is 15.2. The summed E-state index contributed by atoms with van der Waals surface area (Å²) >= 11 is 0. The first-order valence-corrected chi connectivity index (χ1v) is 9.26. The van der Waals surface area contributed by atoms with E-state index in [1.807, 2.05) is 19.3 Å². The first-order valence-electron chi connectivity index (χ1n) is 9.26. The van der Waals surface area contributed by atoms with Crippen LogP contribution in [-0.2, 0) is 0 Å². The lowest BCUT2D eigenvalue weighted by molar-refractivity contribution is 0.365. The Hall–Kier alpha value is -2.86. The van der Waals surface area contributed by atoms with Crippen molar-refractivity contribution in [1.82, 2.24) is 14.7 Å². The number of fused-ring (bicyclic) bond motifs is 2. The summed E-state index contributed by atoms with van der Waals surface area (Å²) in [6, 6.07) is 7.84. The summed E-state index contributed by atoms with van der Waals surface area (Å²) in [7, 11) is 0. The minimum absolute atomic E-state index is 0.306. The molecule has 1 aromatic carbocycles. The summed E-state index contributed by atoms with van der Waals surface area (Å²) in [6.45, 7) is 6.33. The molecule has 1 N–H and O–H groups in total. The van der Waals surface area contributed by atoms with Gasteiger partial charge in [-0.15, -0.1) is 0 Å². The Morgan fingerprint density at radius 3 is 2.85 bits per heavy atom. The van der Waals surface area contributed by atoms with Gasteiger partial charge in [0.1, 0.15) is 12.4 Å².